The number of piperazine rings is 1. The average molecular weight is 252 g/mol. The summed E-state index contributed by atoms with van der Waals surface area (Å²) in [7, 11) is 1.82. The lowest BCUT2D eigenvalue weighted by Crippen LogP contribution is -2.48. The SMILES string of the molecule is COC1CCC2N=C(CN3CCNCC3)NC2C1. The van der Waals surface area contributed by atoms with Gasteiger partial charge >= 0.3 is 0 Å². The molecule has 1 saturated heterocycles. The number of rotatable bonds is 3. The highest BCUT2D eigenvalue weighted by atomic mass is 16.5. The summed E-state index contributed by atoms with van der Waals surface area (Å²) < 4.78 is 5.47. The molecule has 3 aliphatic rings. The maximum atomic E-state index is 5.47. The summed E-state index contributed by atoms with van der Waals surface area (Å²) in [6.45, 7) is 5.47. The third kappa shape index (κ3) is 2.68. The summed E-state index contributed by atoms with van der Waals surface area (Å²) in [6, 6.07) is 1.01. The molecule has 0 amide bonds. The summed E-state index contributed by atoms with van der Waals surface area (Å²) in [6.07, 6.45) is 3.85. The van der Waals surface area contributed by atoms with Crippen LogP contribution < -0.4 is 10.6 Å². The van der Waals surface area contributed by atoms with E-state index in [1.54, 1.807) is 0 Å². The molecule has 3 rings (SSSR count). The maximum Gasteiger partial charge on any atom is 0.111 e. The van der Waals surface area contributed by atoms with Gasteiger partial charge in [-0.2, -0.15) is 0 Å². The van der Waals surface area contributed by atoms with Gasteiger partial charge in [-0.3, -0.25) is 9.89 Å². The molecule has 5 heteroatoms. The van der Waals surface area contributed by atoms with Gasteiger partial charge in [0.2, 0.25) is 0 Å². The number of nitrogens with one attached hydrogen (secondary N) is 2. The van der Waals surface area contributed by atoms with E-state index in [-0.39, 0.29) is 0 Å². The van der Waals surface area contributed by atoms with Crippen molar-refractivity contribution in [1.82, 2.24) is 15.5 Å². The van der Waals surface area contributed by atoms with Crippen LogP contribution in [-0.4, -0.2) is 68.8 Å². The van der Waals surface area contributed by atoms with E-state index in [0.717, 1.165) is 45.6 Å². The van der Waals surface area contributed by atoms with Gasteiger partial charge in [0, 0.05) is 33.3 Å². The third-order valence-electron chi connectivity index (χ3n) is 4.36. The zero-order valence-electron chi connectivity index (χ0n) is 11.2. The van der Waals surface area contributed by atoms with Crippen LogP contribution in [0.15, 0.2) is 4.99 Å². The molecular formula is C13H24N4O. The van der Waals surface area contributed by atoms with Crippen LogP contribution in [0.5, 0.6) is 0 Å². The molecule has 2 aliphatic heterocycles. The normalized spacial score (nSPS) is 36.9. The van der Waals surface area contributed by atoms with Gasteiger partial charge in [0.25, 0.3) is 0 Å². The highest BCUT2D eigenvalue weighted by Crippen LogP contribution is 2.26. The summed E-state index contributed by atoms with van der Waals surface area (Å²) in [5.41, 5.74) is 0. The third-order valence-corrected chi connectivity index (χ3v) is 4.36. The fourth-order valence-electron chi connectivity index (χ4n) is 3.26. The van der Waals surface area contributed by atoms with Crippen LogP contribution in [0.3, 0.4) is 0 Å². The van der Waals surface area contributed by atoms with Gasteiger partial charge in [0.15, 0.2) is 0 Å². The Morgan fingerprint density at radius 1 is 1.33 bits per heavy atom. The monoisotopic (exact) mass is 252 g/mol. The lowest BCUT2D eigenvalue weighted by Gasteiger charge is -2.30. The van der Waals surface area contributed by atoms with Gasteiger partial charge in [-0.25, -0.2) is 0 Å². The molecule has 2 fully saturated rings. The minimum Gasteiger partial charge on any atom is -0.381 e. The Morgan fingerprint density at radius 2 is 2.17 bits per heavy atom. The molecule has 0 bridgehead atoms. The summed E-state index contributed by atoms with van der Waals surface area (Å²) >= 11 is 0. The second kappa shape index (κ2) is 5.55. The number of aliphatic imine (C=N–C) groups is 1. The van der Waals surface area contributed by atoms with Gasteiger partial charge < -0.3 is 15.4 Å². The summed E-state index contributed by atoms with van der Waals surface area (Å²) in [5, 5.41) is 7.00. The van der Waals surface area contributed by atoms with Crippen LogP contribution in [-0.2, 0) is 4.74 Å². The number of ether oxygens (including phenoxy) is 1. The minimum atomic E-state index is 0.424. The number of fused-ring (bicyclic) bond motifs is 1. The molecule has 18 heavy (non-hydrogen) atoms. The topological polar surface area (TPSA) is 48.9 Å². The van der Waals surface area contributed by atoms with Gasteiger partial charge in [-0.15, -0.1) is 0 Å². The first-order valence-corrected chi connectivity index (χ1v) is 7.14. The van der Waals surface area contributed by atoms with Crippen molar-refractivity contribution in [2.75, 3.05) is 39.8 Å². The molecule has 0 radical (unpaired) electrons. The Kier molecular flexibility index (Phi) is 3.82. The first-order valence-electron chi connectivity index (χ1n) is 7.14. The van der Waals surface area contributed by atoms with Gasteiger partial charge in [0.05, 0.1) is 24.7 Å². The predicted octanol–water partition coefficient (Wildman–Crippen LogP) is -0.171. The van der Waals surface area contributed by atoms with E-state index in [4.69, 9.17) is 9.73 Å². The fraction of sp³-hybridized carbons (Fsp3) is 0.923. The van der Waals surface area contributed by atoms with E-state index in [1.165, 1.54) is 12.3 Å². The van der Waals surface area contributed by atoms with Crippen LogP contribution >= 0.6 is 0 Å². The lowest BCUT2D eigenvalue weighted by molar-refractivity contribution is 0.0587. The van der Waals surface area contributed by atoms with E-state index < -0.39 is 0 Å². The minimum absolute atomic E-state index is 0.424. The molecule has 5 nitrogen and oxygen atoms in total. The molecule has 0 aromatic carbocycles. The Bertz CT molecular complexity index is 314. The standard InChI is InChI=1S/C13H24N4O/c1-18-10-2-3-11-12(8-10)16-13(15-11)9-17-6-4-14-5-7-17/h10-12,14H,2-9H2,1H3,(H,15,16). The lowest BCUT2D eigenvalue weighted by atomic mass is 9.89. The van der Waals surface area contributed by atoms with Crippen LogP contribution in [0.2, 0.25) is 0 Å². The molecule has 0 aromatic rings. The predicted molar refractivity (Wildman–Crippen MR) is 72.1 cm³/mol. The molecule has 3 unspecified atom stereocenters. The van der Waals surface area contributed by atoms with Gasteiger partial charge in [-0.05, 0) is 19.3 Å². The van der Waals surface area contributed by atoms with E-state index >= 15 is 0 Å². The number of hydrogen-bond acceptors (Lipinski definition) is 5. The van der Waals surface area contributed by atoms with E-state index in [1.807, 2.05) is 7.11 Å². The summed E-state index contributed by atoms with van der Waals surface area (Å²) in [4.78, 5) is 7.34. The van der Waals surface area contributed by atoms with Crippen LogP contribution in [0.1, 0.15) is 19.3 Å². The number of nitrogens with zero attached hydrogens (tertiary/aromatic N) is 2. The largest absolute Gasteiger partial charge is 0.381 e. The van der Waals surface area contributed by atoms with Crippen molar-refractivity contribution >= 4 is 5.84 Å². The maximum absolute atomic E-state index is 5.47. The van der Waals surface area contributed by atoms with Crippen LogP contribution in [0.4, 0.5) is 0 Å². The molecule has 1 saturated carbocycles. The Labute approximate surface area is 109 Å². The molecule has 0 spiro atoms. The fourth-order valence-corrected chi connectivity index (χ4v) is 3.26. The summed E-state index contributed by atoms with van der Waals surface area (Å²) in [5.74, 6) is 1.20. The number of amidine groups is 1. The van der Waals surface area contributed by atoms with Gasteiger partial charge in [-0.1, -0.05) is 0 Å². The van der Waals surface area contributed by atoms with Crippen LogP contribution in [0.25, 0.3) is 0 Å². The van der Waals surface area contributed by atoms with Crippen molar-refractivity contribution in [3.05, 3.63) is 0 Å². The first-order chi connectivity index (χ1) is 8.85. The van der Waals surface area contributed by atoms with Crippen molar-refractivity contribution in [2.45, 2.75) is 37.5 Å². The molecule has 1 aliphatic carbocycles. The van der Waals surface area contributed by atoms with Crippen molar-refractivity contribution in [3.8, 4) is 0 Å². The molecular weight excluding hydrogens is 228 g/mol. The van der Waals surface area contributed by atoms with E-state index in [0.29, 0.717) is 18.2 Å². The van der Waals surface area contributed by atoms with Crippen molar-refractivity contribution in [1.29, 1.82) is 0 Å². The Balaban J connectivity index is 1.53. The zero-order valence-corrected chi connectivity index (χ0v) is 11.2. The molecule has 3 atom stereocenters. The van der Waals surface area contributed by atoms with Crippen molar-refractivity contribution in [3.63, 3.8) is 0 Å². The molecule has 2 heterocycles. The zero-order chi connectivity index (χ0) is 12.4. The van der Waals surface area contributed by atoms with Gasteiger partial charge in [0.1, 0.15) is 5.84 Å². The highest BCUT2D eigenvalue weighted by Gasteiger charge is 2.35. The first kappa shape index (κ1) is 12.4. The van der Waals surface area contributed by atoms with E-state index in [9.17, 15) is 0 Å². The van der Waals surface area contributed by atoms with Crippen molar-refractivity contribution in [2.24, 2.45) is 4.99 Å². The quantitative estimate of drug-likeness (QED) is 0.732. The highest BCUT2D eigenvalue weighted by molar-refractivity contribution is 5.86. The Morgan fingerprint density at radius 3 is 2.94 bits per heavy atom. The molecule has 102 valence electrons. The Hall–Kier alpha value is -0.650. The average Bonchev–Trinajstić information content (AvgIpc) is 2.80. The number of hydrogen-bond donors (Lipinski definition) is 2. The second-order valence-corrected chi connectivity index (χ2v) is 5.59. The number of methoxy groups -OCH3 is 1. The second-order valence-electron chi connectivity index (χ2n) is 5.59. The molecule has 2 N–H and O–H groups in total. The van der Waals surface area contributed by atoms with Crippen LogP contribution in [0, 0.1) is 0 Å². The smallest absolute Gasteiger partial charge is 0.111 e. The van der Waals surface area contributed by atoms with E-state index in [2.05, 4.69) is 15.5 Å². The van der Waals surface area contributed by atoms with Crippen molar-refractivity contribution < 1.29 is 4.74 Å². The molecule has 0 aromatic heterocycles.